The van der Waals surface area contributed by atoms with Gasteiger partial charge in [0.05, 0.1) is 6.04 Å². The lowest BCUT2D eigenvalue weighted by Gasteiger charge is -2.34. The number of rotatable bonds is 1. The van der Waals surface area contributed by atoms with Gasteiger partial charge in [0, 0.05) is 18.9 Å². The number of nitrogens with zero attached hydrogens (tertiary/aromatic N) is 2. The number of pyridine rings is 1. The molecular formula is C15H16N2. The van der Waals surface area contributed by atoms with Crippen LogP contribution in [0.5, 0.6) is 0 Å². The number of hydrogen-bond acceptors (Lipinski definition) is 2. The Labute approximate surface area is 102 Å². The highest BCUT2D eigenvalue weighted by atomic mass is 15.1. The van der Waals surface area contributed by atoms with E-state index >= 15 is 0 Å². The van der Waals surface area contributed by atoms with Crippen molar-refractivity contribution in [2.45, 2.75) is 12.5 Å². The molecule has 1 aromatic heterocycles. The Morgan fingerprint density at radius 2 is 1.88 bits per heavy atom. The quantitative estimate of drug-likeness (QED) is 0.740. The van der Waals surface area contributed by atoms with Crippen LogP contribution in [-0.4, -0.2) is 23.5 Å². The maximum atomic E-state index is 4.10. The summed E-state index contributed by atoms with van der Waals surface area (Å²) in [7, 11) is 2.20. The van der Waals surface area contributed by atoms with Crippen LogP contribution in [0.4, 0.5) is 0 Å². The highest BCUT2D eigenvalue weighted by Gasteiger charge is 2.25. The summed E-state index contributed by atoms with van der Waals surface area (Å²) in [6.45, 7) is 1.12. The normalized spacial score (nSPS) is 19.9. The molecule has 2 aromatic rings. The molecule has 0 fully saturated rings. The van der Waals surface area contributed by atoms with Gasteiger partial charge in [-0.2, -0.15) is 0 Å². The standard InChI is InChI=1S/C15H16N2/c1-17-11-8-12-4-2-3-5-14(12)15(17)13-6-9-16-10-7-13/h2-7,9-10,15H,8,11H2,1H3/t15-/m0/s1. The predicted octanol–water partition coefficient (Wildman–Crippen LogP) is 2.66. The molecule has 0 bridgehead atoms. The molecular weight excluding hydrogens is 208 g/mol. The van der Waals surface area contributed by atoms with Crippen LogP contribution in [0.25, 0.3) is 0 Å². The van der Waals surface area contributed by atoms with Crippen molar-refractivity contribution < 1.29 is 0 Å². The molecule has 17 heavy (non-hydrogen) atoms. The van der Waals surface area contributed by atoms with Gasteiger partial charge in [0.25, 0.3) is 0 Å². The van der Waals surface area contributed by atoms with Gasteiger partial charge in [0.1, 0.15) is 0 Å². The van der Waals surface area contributed by atoms with E-state index in [9.17, 15) is 0 Å². The van der Waals surface area contributed by atoms with Crippen LogP contribution in [-0.2, 0) is 6.42 Å². The highest BCUT2D eigenvalue weighted by molar-refractivity contribution is 5.38. The van der Waals surface area contributed by atoms with E-state index in [1.165, 1.54) is 16.7 Å². The summed E-state index contributed by atoms with van der Waals surface area (Å²) in [5.41, 5.74) is 4.24. The van der Waals surface area contributed by atoms with E-state index in [-0.39, 0.29) is 0 Å². The van der Waals surface area contributed by atoms with E-state index in [0.717, 1.165) is 13.0 Å². The van der Waals surface area contributed by atoms with Crippen LogP contribution >= 0.6 is 0 Å². The predicted molar refractivity (Wildman–Crippen MR) is 68.9 cm³/mol. The van der Waals surface area contributed by atoms with Crippen molar-refractivity contribution in [1.82, 2.24) is 9.88 Å². The molecule has 0 radical (unpaired) electrons. The van der Waals surface area contributed by atoms with Crippen molar-refractivity contribution in [3.8, 4) is 0 Å². The zero-order valence-electron chi connectivity index (χ0n) is 10.0. The van der Waals surface area contributed by atoms with Crippen LogP contribution in [0.3, 0.4) is 0 Å². The number of likely N-dealkylation sites (N-methyl/N-ethyl adjacent to an activating group) is 1. The first-order valence-electron chi connectivity index (χ1n) is 6.04. The molecule has 0 unspecified atom stereocenters. The molecule has 1 aliphatic heterocycles. The van der Waals surface area contributed by atoms with E-state index in [1.807, 2.05) is 12.4 Å². The molecule has 0 spiro atoms. The molecule has 2 heterocycles. The maximum absolute atomic E-state index is 4.10. The summed E-state index contributed by atoms with van der Waals surface area (Å²) in [6.07, 6.45) is 4.90. The second kappa shape index (κ2) is 4.30. The lowest BCUT2D eigenvalue weighted by atomic mass is 9.89. The monoisotopic (exact) mass is 224 g/mol. The molecule has 0 saturated carbocycles. The second-order valence-electron chi connectivity index (χ2n) is 4.61. The minimum Gasteiger partial charge on any atom is -0.295 e. The van der Waals surface area contributed by atoms with Gasteiger partial charge in [0.2, 0.25) is 0 Å². The molecule has 0 aliphatic carbocycles. The fourth-order valence-corrected chi connectivity index (χ4v) is 2.67. The lowest BCUT2D eigenvalue weighted by molar-refractivity contribution is 0.264. The van der Waals surface area contributed by atoms with Crippen molar-refractivity contribution in [1.29, 1.82) is 0 Å². The Morgan fingerprint density at radius 1 is 1.12 bits per heavy atom. The number of benzene rings is 1. The van der Waals surface area contributed by atoms with Crippen LogP contribution in [0.1, 0.15) is 22.7 Å². The van der Waals surface area contributed by atoms with E-state index in [1.54, 1.807) is 0 Å². The molecule has 1 aliphatic rings. The molecule has 86 valence electrons. The maximum Gasteiger partial charge on any atom is 0.0603 e. The minimum atomic E-state index is 0.378. The zero-order chi connectivity index (χ0) is 11.7. The average Bonchev–Trinajstić information content (AvgIpc) is 2.39. The highest BCUT2D eigenvalue weighted by Crippen LogP contribution is 2.33. The molecule has 2 heteroatoms. The first kappa shape index (κ1) is 10.5. The smallest absolute Gasteiger partial charge is 0.0603 e. The summed E-state index contributed by atoms with van der Waals surface area (Å²) < 4.78 is 0. The molecule has 3 rings (SSSR count). The second-order valence-corrected chi connectivity index (χ2v) is 4.61. The van der Waals surface area contributed by atoms with Gasteiger partial charge in [-0.25, -0.2) is 0 Å². The lowest BCUT2D eigenvalue weighted by Crippen LogP contribution is -2.32. The van der Waals surface area contributed by atoms with E-state index in [4.69, 9.17) is 0 Å². The molecule has 1 atom stereocenters. The van der Waals surface area contributed by atoms with Gasteiger partial charge in [-0.05, 0) is 42.3 Å². The van der Waals surface area contributed by atoms with Crippen molar-refractivity contribution in [2.75, 3.05) is 13.6 Å². The van der Waals surface area contributed by atoms with E-state index in [0.29, 0.717) is 6.04 Å². The molecule has 1 aromatic carbocycles. The van der Waals surface area contributed by atoms with Gasteiger partial charge in [-0.3, -0.25) is 9.88 Å². The SMILES string of the molecule is CN1CCc2ccccc2[C@@H]1c1ccncc1. The summed E-state index contributed by atoms with van der Waals surface area (Å²) in [4.78, 5) is 6.52. The van der Waals surface area contributed by atoms with Gasteiger partial charge >= 0.3 is 0 Å². The Morgan fingerprint density at radius 3 is 2.71 bits per heavy atom. The zero-order valence-corrected chi connectivity index (χ0v) is 10.0. The summed E-state index contributed by atoms with van der Waals surface area (Å²) in [5.74, 6) is 0. The number of aromatic nitrogens is 1. The van der Waals surface area contributed by atoms with Gasteiger partial charge < -0.3 is 0 Å². The molecule has 2 nitrogen and oxygen atoms in total. The van der Waals surface area contributed by atoms with Crippen molar-refractivity contribution in [3.63, 3.8) is 0 Å². The summed E-state index contributed by atoms with van der Waals surface area (Å²) in [6, 6.07) is 13.4. The van der Waals surface area contributed by atoms with Gasteiger partial charge in [0.15, 0.2) is 0 Å². The van der Waals surface area contributed by atoms with Crippen LogP contribution in [0.2, 0.25) is 0 Å². The fraction of sp³-hybridized carbons (Fsp3) is 0.267. The average molecular weight is 224 g/mol. The Balaban J connectivity index is 2.10. The number of hydrogen-bond donors (Lipinski definition) is 0. The minimum absolute atomic E-state index is 0.378. The summed E-state index contributed by atoms with van der Waals surface area (Å²) >= 11 is 0. The fourth-order valence-electron chi connectivity index (χ4n) is 2.67. The Bertz CT molecular complexity index is 507. The molecule has 0 saturated heterocycles. The molecule has 0 N–H and O–H groups in total. The third-order valence-electron chi connectivity index (χ3n) is 3.55. The van der Waals surface area contributed by atoms with E-state index in [2.05, 4.69) is 53.3 Å². The van der Waals surface area contributed by atoms with Crippen LogP contribution in [0, 0.1) is 0 Å². The third-order valence-corrected chi connectivity index (χ3v) is 3.55. The van der Waals surface area contributed by atoms with Gasteiger partial charge in [-0.15, -0.1) is 0 Å². The topological polar surface area (TPSA) is 16.1 Å². The first-order valence-corrected chi connectivity index (χ1v) is 6.04. The Kier molecular flexibility index (Phi) is 2.65. The van der Waals surface area contributed by atoms with Crippen molar-refractivity contribution in [3.05, 3.63) is 65.5 Å². The molecule has 0 amide bonds. The van der Waals surface area contributed by atoms with Crippen molar-refractivity contribution >= 4 is 0 Å². The van der Waals surface area contributed by atoms with Crippen LogP contribution in [0.15, 0.2) is 48.8 Å². The van der Waals surface area contributed by atoms with E-state index < -0.39 is 0 Å². The van der Waals surface area contributed by atoms with Crippen molar-refractivity contribution in [2.24, 2.45) is 0 Å². The number of fused-ring (bicyclic) bond motifs is 1. The van der Waals surface area contributed by atoms with Crippen LogP contribution < -0.4 is 0 Å². The van der Waals surface area contributed by atoms with Gasteiger partial charge in [-0.1, -0.05) is 24.3 Å². The first-order chi connectivity index (χ1) is 8.36. The largest absolute Gasteiger partial charge is 0.295 e. The third kappa shape index (κ3) is 1.85. The Hall–Kier alpha value is -1.67. The summed E-state index contributed by atoms with van der Waals surface area (Å²) in [5, 5.41) is 0.